The van der Waals surface area contributed by atoms with E-state index in [1.807, 2.05) is 18.2 Å². The van der Waals surface area contributed by atoms with Gasteiger partial charge < -0.3 is 9.84 Å². The molecule has 1 heterocycles. The molecule has 0 aliphatic carbocycles. The highest BCUT2D eigenvalue weighted by atomic mass is 16.5. The van der Waals surface area contributed by atoms with Crippen LogP contribution in [0.25, 0.3) is 0 Å². The first-order valence-electron chi connectivity index (χ1n) is 6.58. The molecule has 98 valence electrons. The molecule has 3 nitrogen and oxygen atoms in total. The molecule has 1 aliphatic rings. The van der Waals surface area contributed by atoms with Crippen LogP contribution in [0.4, 0.5) is 0 Å². The Hall–Kier alpha value is -1.35. The van der Waals surface area contributed by atoms with Gasteiger partial charge in [0.15, 0.2) is 0 Å². The van der Waals surface area contributed by atoms with E-state index in [-0.39, 0.29) is 12.0 Å². The Morgan fingerprint density at radius 1 is 1.44 bits per heavy atom. The lowest BCUT2D eigenvalue weighted by Crippen LogP contribution is -2.35. The fourth-order valence-electron chi connectivity index (χ4n) is 2.62. The fourth-order valence-corrected chi connectivity index (χ4v) is 2.62. The SMILES string of the molecule is CC(CC1OCCCC1C(=O)O)c1ccccc1. The molecule has 0 saturated carbocycles. The van der Waals surface area contributed by atoms with Gasteiger partial charge in [-0.1, -0.05) is 37.3 Å². The van der Waals surface area contributed by atoms with Gasteiger partial charge in [0.25, 0.3) is 0 Å². The summed E-state index contributed by atoms with van der Waals surface area (Å²) >= 11 is 0. The van der Waals surface area contributed by atoms with Crippen molar-refractivity contribution in [2.45, 2.75) is 38.2 Å². The van der Waals surface area contributed by atoms with Crippen molar-refractivity contribution in [1.29, 1.82) is 0 Å². The molecule has 0 radical (unpaired) electrons. The number of hydrogen-bond acceptors (Lipinski definition) is 2. The zero-order chi connectivity index (χ0) is 13.0. The molecule has 1 N–H and O–H groups in total. The standard InChI is InChI=1S/C15H20O3/c1-11(12-6-3-2-4-7-12)10-14-13(15(16)17)8-5-9-18-14/h2-4,6-7,11,13-14H,5,8-10H2,1H3,(H,16,17). The summed E-state index contributed by atoms with van der Waals surface area (Å²) in [6.07, 6.45) is 2.22. The van der Waals surface area contributed by atoms with E-state index in [1.165, 1.54) is 5.56 Å². The summed E-state index contributed by atoms with van der Waals surface area (Å²) in [6, 6.07) is 10.2. The normalized spacial score (nSPS) is 25.6. The van der Waals surface area contributed by atoms with Gasteiger partial charge >= 0.3 is 5.97 Å². The molecule has 0 spiro atoms. The average Bonchev–Trinajstić information content (AvgIpc) is 2.40. The molecule has 3 unspecified atom stereocenters. The average molecular weight is 248 g/mol. The van der Waals surface area contributed by atoms with E-state index in [1.54, 1.807) is 0 Å². The van der Waals surface area contributed by atoms with Crippen LogP contribution in [-0.4, -0.2) is 23.8 Å². The first-order chi connectivity index (χ1) is 8.68. The third-order valence-electron chi connectivity index (χ3n) is 3.71. The van der Waals surface area contributed by atoms with Gasteiger partial charge in [0, 0.05) is 6.61 Å². The van der Waals surface area contributed by atoms with E-state index < -0.39 is 5.97 Å². The summed E-state index contributed by atoms with van der Waals surface area (Å²) in [7, 11) is 0. The summed E-state index contributed by atoms with van der Waals surface area (Å²) in [5.74, 6) is -0.735. The van der Waals surface area contributed by atoms with Gasteiger partial charge in [0.1, 0.15) is 0 Å². The smallest absolute Gasteiger partial charge is 0.309 e. The molecule has 1 aromatic rings. The molecular formula is C15H20O3. The first kappa shape index (κ1) is 13.1. The van der Waals surface area contributed by atoms with E-state index in [9.17, 15) is 9.90 Å². The largest absolute Gasteiger partial charge is 0.481 e. The number of rotatable bonds is 4. The topological polar surface area (TPSA) is 46.5 Å². The van der Waals surface area contributed by atoms with Crippen LogP contribution in [0.3, 0.4) is 0 Å². The number of carboxylic acids is 1. The van der Waals surface area contributed by atoms with Gasteiger partial charge in [-0.05, 0) is 30.7 Å². The third-order valence-corrected chi connectivity index (χ3v) is 3.71. The van der Waals surface area contributed by atoms with Crippen molar-refractivity contribution in [2.24, 2.45) is 5.92 Å². The molecule has 2 rings (SSSR count). The van der Waals surface area contributed by atoms with E-state index in [0.717, 1.165) is 19.3 Å². The Kier molecular flexibility index (Phi) is 4.37. The number of carboxylic acid groups (broad SMARTS) is 1. The molecule has 1 fully saturated rings. The van der Waals surface area contributed by atoms with Crippen LogP contribution in [0.2, 0.25) is 0 Å². The Labute approximate surface area is 108 Å². The summed E-state index contributed by atoms with van der Waals surface area (Å²) < 4.78 is 5.66. The highest BCUT2D eigenvalue weighted by Gasteiger charge is 2.32. The number of benzene rings is 1. The number of aliphatic carboxylic acids is 1. The maximum atomic E-state index is 11.2. The maximum Gasteiger partial charge on any atom is 0.309 e. The molecule has 0 amide bonds. The van der Waals surface area contributed by atoms with Crippen molar-refractivity contribution in [1.82, 2.24) is 0 Å². The van der Waals surface area contributed by atoms with Gasteiger partial charge in [0.2, 0.25) is 0 Å². The van der Waals surface area contributed by atoms with E-state index in [0.29, 0.717) is 12.5 Å². The second kappa shape index (κ2) is 6.01. The van der Waals surface area contributed by atoms with Crippen LogP contribution in [0.5, 0.6) is 0 Å². The Morgan fingerprint density at radius 2 is 2.17 bits per heavy atom. The number of carbonyl (C=O) groups is 1. The molecule has 0 aromatic heterocycles. The van der Waals surface area contributed by atoms with Crippen LogP contribution in [-0.2, 0) is 9.53 Å². The molecular weight excluding hydrogens is 228 g/mol. The molecule has 1 aromatic carbocycles. The highest BCUT2D eigenvalue weighted by Crippen LogP contribution is 2.30. The number of ether oxygens (including phenoxy) is 1. The Bertz CT molecular complexity index is 388. The van der Waals surface area contributed by atoms with E-state index in [4.69, 9.17) is 4.74 Å². The maximum absolute atomic E-state index is 11.2. The van der Waals surface area contributed by atoms with Crippen molar-refractivity contribution < 1.29 is 14.6 Å². The monoisotopic (exact) mass is 248 g/mol. The van der Waals surface area contributed by atoms with Crippen LogP contribution < -0.4 is 0 Å². The summed E-state index contributed by atoms with van der Waals surface area (Å²) in [6.45, 7) is 2.82. The van der Waals surface area contributed by atoms with Crippen molar-refractivity contribution in [3.05, 3.63) is 35.9 Å². The second-order valence-electron chi connectivity index (χ2n) is 5.04. The van der Waals surface area contributed by atoms with Crippen molar-refractivity contribution in [3.63, 3.8) is 0 Å². The van der Waals surface area contributed by atoms with Crippen LogP contribution >= 0.6 is 0 Å². The van der Waals surface area contributed by atoms with Crippen molar-refractivity contribution >= 4 is 5.97 Å². The zero-order valence-electron chi connectivity index (χ0n) is 10.7. The Balaban J connectivity index is 2.01. The Morgan fingerprint density at radius 3 is 2.83 bits per heavy atom. The molecule has 1 aliphatic heterocycles. The molecule has 18 heavy (non-hydrogen) atoms. The second-order valence-corrected chi connectivity index (χ2v) is 5.04. The molecule has 0 bridgehead atoms. The van der Waals surface area contributed by atoms with Crippen LogP contribution in [0.15, 0.2) is 30.3 Å². The minimum absolute atomic E-state index is 0.147. The van der Waals surface area contributed by atoms with Gasteiger partial charge in [-0.15, -0.1) is 0 Å². The minimum Gasteiger partial charge on any atom is -0.481 e. The highest BCUT2D eigenvalue weighted by molar-refractivity contribution is 5.70. The third kappa shape index (κ3) is 3.10. The van der Waals surface area contributed by atoms with E-state index >= 15 is 0 Å². The fraction of sp³-hybridized carbons (Fsp3) is 0.533. The lowest BCUT2D eigenvalue weighted by atomic mass is 9.86. The lowest BCUT2D eigenvalue weighted by Gasteiger charge is -2.30. The van der Waals surface area contributed by atoms with Crippen LogP contribution in [0, 0.1) is 5.92 Å². The van der Waals surface area contributed by atoms with Gasteiger partial charge in [-0.2, -0.15) is 0 Å². The molecule has 1 saturated heterocycles. The van der Waals surface area contributed by atoms with Crippen molar-refractivity contribution in [3.8, 4) is 0 Å². The van der Waals surface area contributed by atoms with Gasteiger partial charge in [-0.3, -0.25) is 4.79 Å². The summed E-state index contributed by atoms with van der Waals surface area (Å²) in [5.41, 5.74) is 1.25. The predicted molar refractivity (Wildman–Crippen MR) is 69.6 cm³/mol. The first-order valence-corrected chi connectivity index (χ1v) is 6.58. The molecule has 3 heteroatoms. The molecule has 3 atom stereocenters. The quantitative estimate of drug-likeness (QED) is 0.890. The van der Waals surface area contributed by atoms with E-state index in [2.05, 4.69) is 19.1 Å². The number of hydrogen-bond donors (Lipinski definition) is 1. The van der Waals surface area contributed by atoms with Gasteiger partial charge in [-0.25, -0.2) is 0 Å². The zero-order valence-corrected chi connectivity index (χ0v) is 10.7. The van der Waals surface area contributed by atoms with Crippen LogP contribution in [0.1, 0.15) is 37.7 Å². The lowest BCUT2D eigenvalue weighted by molar-refractivity contribution is -0.152. The van der Waals surface area contributed by atoms with Crippen molar-refractivity contribution in [2.75, 3.05) is 6.61 Å². The van der Waals surface area contributed by atoms with Gasteiger partial charge in [0.05, 0.1) is 12.0 Å². The summed E-state index contributed by atoms with van der Waals surface area (Å²) in [4.78, 5) is 11.2. The minimum atomic E-state index is -0.722. The predicted octanol–water partition coefficient (Wildman–Crippen LogP) is 3.06. The summed E-state index contributed by atoms with van der Waals surface area (Å²) in [5, 5.41) is 9.21.